The number of rotatable bonds is 6. The minimum Gasteiger partial charge on any atom is -0.337 e. The highest BCUT2D eigenvalue weighted by atomic mass is 32.1. The molecule has 8 heteroatoms. The molecule has 1 N–H and O–H groups in total. The van der Waals surface area contributed by atoms with Gasteiger partial charge in [0.05, 0.1) is 11.6 Å². The Morgan fingerprint density at radius 2 is 2.13 bits per heavy atom. The Balaban J connectivity index is 1.49. The molecule has 1 aliphatic rings. The molecule has 0 unspecified atom stereocenters. The van der Waals surface area contributed by atoms with Crippen LogP contribution < -0.4 is 5.32 Å². The Morgan fingerprint density at radius 3 is 2.87 bits per heavy atom. The van der Waals surface area contributed by atoms with Gasteiger partial charge < -0.3 is 10.2 Å². The third kappa shape index (κ3) is 4.49. The van der Waals surface area contributed by atoms with Gasteiger partial charge in [0.25, 0.3) is 5.91 Å². The first-order chi connectivity index (χ1) is 14.7. The lowest BCUT2D eigenvalue weighted by molar-refractivity contribution is -0.132. The van der Waals surface area contributed by atoms with Crippen molar-refractivity contribution in [3.63, 3.8) is 0 Å². The summed E-state index contributed by atoms with van der Waals surface area (Å²) in [6.45, 7) is 1.25. The van der Waals surface area contributed by atoms with Crippen molar-refractivity contribution in [2.24, 2.45) is 4.99 Å². The lowest BCUT2D eigenvalue weighted by Crippen LogP contribution is -2.35. The molecule has 3 aromatic rings. The molecule has 1 aromatic carbocycles. The van der Waals surface area contributed by atoms with Crippen molar-refractivity contribution in [1.29, 1.82) is 0 Å². The van der Waals surface area contributed by atoms with Crippen LogP contribution in [0.4, 0.5) is 5.00 Å². The van der Waals surface area contributed by atoms with Crippen LogP contribution in [0.25, 0.3) is 0 Å². The highest BCUT2D eigenvalue weighted by Gasteiger charge is 2.27. The molecule has 0 saturated heterocycles. The smallest absolute Gasteiger partial charge is 0.256 e. The zero-order valence-corrected chi connectivity index (χ0v) is 18.3. The normalized spacial score (nSPS) is 13.4. The maximum absolute atomic E-state index is 12.7. The fourth-order valence-corrected chi connectivity index (χ4v) is 5.36. The van der Waals surface area contributed by atoms with Gasteiger partial charge in [0.15, 0.2) is 0 Å². The number of aryl methyl sites for hydroxylation is 1. The monoisotopic (exact) mass is 438 g/mol. The van der Waals surface area contributed by atoms with E-state index in [1.165, 1.54) is 16.9 Å². The molecule has 0 atom stereocenters. The quantitative estimate of drug-likeness (QED) is 0.591. The van der Waals surface area contributed by atoms with E-state index in [0.29, 0.717) is 31.5 Å². The maximum Gasteiger partial charge on any atom is 0.256 e. The molecule has 0 aliphatic carbocycles. The van der Waals surface area contributed by atoms with Crippen molar-refractivity contribution < 1.29 is 9.59 Å². The third-order valence-corrected chi connectivity index (χ3v) is 7.00. The predicted molar refractivity (Wildman–Crippen MR) is 122 cm³/mol. The average molecular weight is 439 g/mol. The number of hydrogen-bond donors (Lipinski definition) is 1. The third-order valence-electron chi connectivity index (χ3n) is 5.01. The maximum atomic E-state index is 12.7. The number of amides is 2. The lowest BCUT2D eigenvalue weighted by Gasteiger charge is -2.27. The minimum atomic E-state index is -0.142. The minimum absolute atomic E-state index is 0.142. The Bertz CT molecular complexity index is 1060. The van der Waals surface area contributed by atoms with Gasteiger partial charge in [-0.2, -0.15) is 0 Å². The number of thiophene rings is 1. The summed E-state index contributed by atoms with van der Waals surface area (Å²) in [5.41, 5.74) is 2.75. The molecule has 0 bridgehead atoms. The second kappa shape index (κ2) is 9.32. The SMILES string of the molecule is CN=Cc1c(NC(=O)c2ccccc2)sc2c1CCN(C(=O)CCc1nccs1)C2. The zero-order valence-electron chi connectivity index (χ0n) is 16.6. The van der Waals surface area contributed by atoms with Crippen molar-refractivity contribution in [3.05, 3.63) is 68.5 Å². The van der Waals surface area contributed by atoms with E-state index in [0.717, 1.165) is 26.9 Å². The summed E-state index contributed by atoms with van der Waals surface area (Å²) in [7, 11) is 1.73. The highest BCUT2D eigenvalue weighted by molar-refractivity contribution is 7.17. The summed E-state index contributed by atoms with van der Waals surface area (Å²) in [5, 5.41) is 6.74. The standard InChI is InChI=1S/C22H22N4O2S2/c1-23-13-17-16-9-11-26(20(27)8-7-19-24-10-12-29-19)14-18(16)30-22(17)25-21(28)15-5-3-2-4-6-15/h2-6,10,12-13H,7-9,11,14H2,1H3,(H,25,28). The first-order valence-corrected chi connectivity index (χ1v) is 11.4. The van der Waals surface area contributed by atoms with Crippen molar-refractivity contribution in [1.82, 2.24) is 9.88 Å². The van der Waals surface area contributed by atoms with E-state index < -0.39 is 0 Å². The second-order valence-corrected chi connectivity index (χ2v) is 9.03. The molecule has 154 valence electrons. The summed E-state index contributed by atoms with van der Waals surface area (Å²) < 4.78 is 0. The fourth-order valence-electron chi connectivity index (χ4n) is 3.51. The van der Waals surface area contributed by atoms with Gasteiger partial charge in [0.2, 0.25) is 5.91 Å². The molecule has 1 aliphatic heterocycles. The van der Waals surface area contributed by atoms with Crippen LogP contribution in [0.15, 0.2) is 46.9 Å². The topological polar surface area (TPSA) is 74.7 Å². The lowest BCUT2D eigenvalue weighted by atomic mass is 10.0. The number of nitrogens with zero attached hydrogens (tertiary/aromatic N) is 3. The molecule has 3 heterocycles. The van der Waals surface area contributed by atoms with Gasteiger partial charge in [-0.3, -0.25) is 14.6 Å². The first-order valence-electron chi connectivity index (χ1n) is 9.75. The van der Waals surface area contributed by atoms with Gasteiger partial charge >= 0.3 is 0 Å². The molecule has 2 amide bonds. The van der Waals surface area contributed by atoms with Gasteiger partial charge in [-0.15, -0.1) is 22.7 Å². The predicted octanol–water partition coefficient (Wildman–Crippen LogP) is 4.02. The first kappa shape index (κ1) is 20.4. The summed E-state index contributed by atoms with van der Waals surface area (Å²) in [6, 6.07) is 9.16. The van der Waals surface area contributed by atoms with Gasteiger partial charge in [0, 0.05) is 60.2 Å². The molecule has 30 heavy (non-hydrogen) atoms. The number of anilines is 1. The van der Waals surface area contributed by atoms with E-state index in [4.69, 9.17) is 0 Å². The molecule has 4 rings (SSSR count). The number of nitrogens with one attached hydrogen (secondary N) is 1. The Morgan fingerprint density at radius 1 is 1.30 bits per heavy atom. The number of aromatic nitrogens is 1. The van der Waals surface area contributed by atoms with Gasteiger partial charge in [-0.05, 0) is 24.1 Å². The van der Waals surface area contributed by atoms with Crippen molar-refractivity contribution in [2.45, 2.75) is 25.8 Å². The van der Waals surface area contributed by atoms with Crippen LogP contribution in [-0.2, 0) is 24.2 Å². The van der Waals surface area contributed by atoms with Gasteiger partial charge in [0.1, 0.15) is 5.00 Å². The molecule has 0 saturated carbocycles. The molecule has 2 aromatic heterocycles. The number of fused-ring (bicyclic) bond motifs is 1. The highest BCUT2D eigenvalue weighted by Crippen LogP contribution is 2.36. The van der Waals surface area contributed by atoms with E-state index in [2.05, 4.69) is 15.3 Å². The average Bonchev–Trinajstić information content (AvgIpc) is 3.41. The number of aliphatic imine (C=N–C) groups is 1. The van der Waals surface area contributed by atoms with Crippen LogP contribution >= 0.6 is 22.7 Å². The van der Waals surface area contributed by atoms with Crippen LogP contribution in [0.5, 0.6) is 0 Å². The van der Waals surface area contributed by atoms with E-state index in [-0.39, 0.29) is 11.8 Å². The molecule has 0 spiro atoms. The molecular weight excluding hydrogens is 416 g/mol. The van der Waals surface area contributed by atoms with Crippen LogP contribution in [-0.4, -0.2) is 41.5 Å². The summed E-state index contributed by atoms with van der Waals surface area (Å²) in [5.74, 6) is 0.00107. The number of carbonyl (C=O) groups excluding carboxylic acids is 2. The summed E-state index contributed by atoms with van der Waals surface area (Å²) in [6.07, 6.45) is 5.48. The Labute approximate surface area is 183 Å². The van der Waals surface area contributed by atoms with E-state index >= 15 is 0 Å². The Hall–Kier alpha value is -2.84. The van der Waals surface area contributed by atoms with Gasteiger partial charge in [-0.1, -0.05) is 18.2 Å². The van der Waals surface area contributed by atoms with Crippen LogP contribution in [0.2, 0.25) is 0 Å². The van der Waals surface area contributed by atoms with Crippen LogP contribution in [0, 0.1) is 0 Å². The molecule has 6 nitrogen and oxygen atoms in total. The Kier molecular flexibility index (Phi) is 6.35. The number of hydrogen-bond acceptors (Lipinski definition) is 6. The number of benzene rings is 1. The molecule has 0 fully saturated rings. The number of carbonyl (C=O) groups is 2. The van der Waals surface area contributed by atoms with Crippen molar-refractivity contribution in [2.75, 3.05) is 18.9 Å². The largest absolute Gasteiger partial charge is 0.337 e. The number of thiazole rings is 1. The van der Waals surface area contributed by atoms with E-state index in [1.54, 1.807) is 42.9 Å². The van der Waals surface area contributed by atoms with E-state index in [9.17, 15) is 9.59 Å². The zero-order chi connectivity index (χ0) is 20.9. The van der Waals surface area contributed by atoms with Crippen molar-refractivity contribution >= 4 is 45.7 Å². The molecule has 0 radical (unpaired) electrons. The second-order valence-electron chi connectivity index (χ2n) is 6.95. The fraction of sp³-hybridized carbons (Fsp3) is 0.273. The van der Waals surface area contributed by atoms with Gasteiger partial charge in [-0.25, -0.2) is 4.98 Å². The summed E-state index contributed by atoms with van der Waals surface area (Å²) >= 11 is 3.11. The van der Waals surface area contributed by atoms with Crippen LogP contribution in [0.1, 0.15) is 37.8 Å². The van der Waals surface area contributed by atoms with Crippen LogP contribution in [0.3, 0.4) is 0 Å². The summed E-state index contributed by atoms with van der Waals surface area (Å²) in [4.78, 5) is 36.8. The van der Waals surface area contributed by atoms with E-state index in [1.807, 2.05) is 28.5 Å². The van der Waals surface area contributed by atoms with Crippen molar-refractivity contribution in [3.8, 4) is 0 Å². The molecular formula is C22H22N4O2S2.